The van der Waals surface area contributed by atoms with Gasteiger partial charge in [-0.1, -0.05) is 18.2 Å². The van der Waals surface area contributed by atoms with Crippen LogP contribution in [-0.4, -0.2) is 21.6 Å². The molecule has 0 fully saturated rings. The maximum absolute atomic E-state index is 12.6. The van der Waals surface area contributed by atoms with E-state index >= 15 is 0 Å². The summed E-state index contributed by atoms with van der Waals surface area (Å²) >= 11 is 0. The summed E-state index contributed by atoms with van der Waals surface area (Å²) in [6.45, 7) is 5.82. The van der Waals surface area contributed by atoms with E-state index in [-0.39, 0.29) is 5.91 Å². The molecule has 112 valence electrons. The number of fused-ring (bicyclic) bond motifs is 1. The third-order valence-corrected chi connectivity index (χ3v) is 3.80. The summed E-state index contributed by atoms with van der Waals surface area (Å²) in [6.07, 6.45) is 0.984. The second-order valence-corrected chi connectivity index (χ2v) is 5.45. The van der Waals surface area contributed by atoms with Gasteiger partial charge in [0.1, 0.15) is 12.1 Å². The fraction of sp³-hybridized carbons (Fsp3) is 0.222. The van der Waals surface area contributed by atoms with Gasteiger partial charge in [-0.05, 0) is 56.2 Å². The SMILES string of the molecule is Cc1cc2ncn(C(=O)C(C)Oc3ccccc3)c2cc1C. The minimum Gasteiger partial charge on any atom is -0.481 e. The Balaban J connectivity index is 1.90. The van der Waals surface area contributed by atoms with Crippen LogP contribution in [0, 0.1) is 13.8 Å². The summed E-state index contributed by atoms with van der Waals surface area (Å²) in [4.78, 5) is 16.9. The number of aryl methyl sites for hydroxylation is 2. The molecule has 0 aliphatic carbocycles. The summed E-state index contributed by atoms with van der Waals surface area (Å²) in [5.41, 5.74) is 3.94. The van der Waals surface area contributed by atoms with Crippen molar-refractivity contribution in [3.8, 4) is 5.75 Å². The normalized spacial score (nSPS) is 12.3. The number of carbonyl (C=O) groups excluding carboxylic acids is 1. The van der Waals surface area contributed by atoms with Crippen molar-refractivity contribution in [2.75, 3.05) is 0 Å². The van der Waals surface area contributed by atoms with Crippen molar-refractivity contribution in [2.45, 2.75) is 26.9 Å². The molecule has 0 radical (unpaired) electrons. The number of imidazole rings is 1. The van der Waals surface area contributed by atoms with Crippen molar-refractivity contribution in [1.29, 1.82) is 0 Å². The first-order valence-corrected chi connectivity index (χ1v) is 7.26. The Labute approximate surface area is 129 Å². The second-order valence-electron chi connectivity index (χ2n) is 5.45. The zero-order chi connectivity index (χ0) is 15.7. The van der Waals surface area contributed by atoms with Crippen LogP contribution in [-0.2, 0) is 0 Å². The molecule has 2 aromatic carbocycles. The third kappa shape index (κ3) is 2.60. The summed E-state index contributed by atoms with van der Waals surface area (Å²) < 4.78 is 7.27. The molecule has 0 spiro atoms. The molecule has 3 aromatic rings. The maximum Gasteiger partial charge on any atom is 0.273 e. The van der Waals surface area contributed by atoms with Crippen molar-refractivity contribution < 1.29 is 9.53 Å². The van der Waals surface area contributed by atoms with Crippen LogP contribution in [0.5, 0.6) is 5.75 Å². The van der Waals surface area contributed by atoms with E-state index in [2.05, 4.69) is 4.98 Å². The predicted octanol–water partition coefficient (Wildman–Crippen LogP) is 3.76. The van der Waals surface area contributed by atoms with Crippen molar-refractivity contribution in [3.63, 3.8) is 0 Å². The first kappa shape index (κ1) is 14.3. The molecule has 0 aliphatic heterocycles. The average Bonchev–Trinajstić information content (AvgIpc) is 2.90. The van der Waals surface area contributed by atoms with Gasteiger partial charge >= 0.3 is 0 Å². The van der Waals surface area contributed by atoms with Gasteiger partial charge in [0.2, 0.25) is 0 Å². The number of carbonyl (C=O) groups is 1. The highest BCUT2D eigenvalue weighted by atomic mass is 16.5. The monoisotopic (exact) mass is 294 g/mol. The lowest BCUT2D eigenvalue weighted by molar-refractivity contribution is 0.0733. The molecule has 22 heavy (non-hydrogen) atoms. The van der Waals surface area contributed by atoms with Crippen LogP contribution in [0.25, 0.3) is 11.0 Å². The smallest absolute Gasteiger partial charge is 0.273 e. The van der Waals surface area contributed by atoms with Gasteiger partial charge in [0.25, 0.3) is 5.91 Å². The lowest BCUT2D eigenvalue weighted by Gasteiger charge is -2.14. The van der Waals surface area contributed by atoms with Crippen LogP contribution < -0.4 is 4.74 Å². The molecule has 4 heteroatoms. The fourth-order valence-corrected chi connectivity index (χ4v) is 2.39. The molecule has 1 aromatic heterocycles. The van der Waals surface area contributed by atoms with Gasteiger partial charge in [0.15, 0.2) is 6.10 Å². The van der Waals surface area contributed by atoms with Gasteiger partial charge in [0, 0.05) is 0 Å². The van der Waals surface area contributed by atoms with Crippen molar-refractivity contribution in [3.05, 3.63) is 59.9 Å². The summed E-state index contributed by atoms with van der Waals surface area (Å²) in [5.74, 6) is 0.550. The molecule has 1 atom stereocenters. The molecule has 1 heterocycles. The van der Waals surface area contributed by atoms with E-state index in [1.807, 2.05) is 56.3 Å². The standard InChI is InChI=1S/C18H18N2O2/c1-12-9-16-17(10-13(12)2)20(11-19-16)18(21)14(3)22-15-7-5-4-6-8-15/h4-11,14H,1-3H3. The zero-order valence-electron chi connectivity index (χ0n) is 12.9. The number of para-hydroxylation sites is 1. The minimum absolute atomic E-state index is 0.130. The Hall–Kier alpha value is -2.62. The Morgan fingerprint density at radius 1 is 1.14 bits per heavy atom. The topological polar surface area (TPSA) is 44.1 Å². The Bertz CT molecular complexity index is 822. The summed E-state index contributed by atoms with van der Waals surface area (Å²) in [5, 5.41) is 0. The molecule has 0 saturated heterocycles. The second kappa shape index (κ2) is 5.64. The van der Waals surface area contributed by atoms with E-state index in [0.717, 1.165) is 16.6 Å². The van der Waals surface area contributed by atoms with Gasteiger partial charge in [-0.2, -0.15) is 0 Å². The Morgan fingerprint density at radius 2 is 1.82 bits per heavy atom. The van der Waals surface area contributed by atoms with Gasteiger partial charge in [-0.3, -0.25) is 9.36 Å². The summed E-state index contributed by atoms with van der Waals surface area (Å²) in [6, 6.07) is 13.3. The van der Waals surface area contributed by atoms with E-state index in [9.17, 15) is 4.79 Å². The number of ether oxygens (including phenoxy) is 1. The average molecular weight is 294 g/mol. The van der Waals surface area contributed by atoms with Crippen molar-refractivity contribution in [2.24, 2.45) is 0 Å². The van der Waals surface area contributed by atoms with Crippen LogP contribution in [0.1, 0.15) is 22.8 Å². The van der Waals surface area contributed by atoms with Crippen LogP contribution in [0.15, 0.2) is 48.8 Å². The molecule has 4 nitrogen and oxygen atoms in total. The number of hydrogen-bond acceptors (Lipinski definition) is 3. The molecule has 3 rings (SSSR count). The Kier molecular flexibility index (Phi) is 3.67. The van der Waals surface area contributed by atoms with Crippen LogP contribution >= 0.6 is 0 Å². The van der Waals surface area contributed by atoms with E-state index in [0.29, 0.717) is 5.75 Å². The Morgan fingerprint density at radius 3 is 2.55 bits per heavy atom. The lowest BCUT2D eigenvalue weighted by atomic mass is 10.1. The zero-order valence-corrected chi connectivity index (χ0v) is 12.9. The van der Waals surface area contributed by atoms with Crippen LogP contribution in [0.4, 0.5) is 0 Å². The predicted molar refractivity (Wildman–Crippen MR) is 86.4 cm³/mol. The first-order valence-electron chi connectivity index (χ1n) is 7.26. The fourth-order valence-electron chi connectivity index (χ4n) is 2.39. The molecule has 0 N–H and O–H groups in total. The quantitative estimate of drug-likeness (QED) is 0.738. The number of nitrogens with zero attached hydrogens (tertiary/aromatic N) is 2. The lowest BCUT2D eigenvalue weighted by Crippen LogP contribution is -2.28. The molecule has 0 aliphatic rings. The molecule has 0 amide bonds. The van der Waals surface area contributed by atoms with E-state index < -0.39 is 6.10 Å². The molecule has 0 bridgehead atoms. The molecular weight excluding hydrogens is 276 g/mol. The van der Waals surface area contributed by atoms with E-state index in [1.54, 1.807) is 17.8 Å². The number of rotatable bonds is 3. The van der Waals surface area contributed by atoms with Gasteiger partial charge in [0.05, 0.1) is 11.0 Å². The van der Waals surface area contributed by atoms with E-state index in [1.165, 1.54) is 5.56 Å². The largest absolute Gasteiger partial charge is 0.481 e. The van der Waals surface area contributed by atoms with Gasteiger partial charge in [-0.15, -0.1) is 0 Å². The number of aromatic nitrogens is 2. The minimum atomic E-state index is -0.582. The van der Waals surface area contributed by atoms with Crippen molar-refractivity contribution >= 4 is 16.9 Å². The summed E-state index contributed by atoms with van der Waals surface area (Å²) in [7, 11) is 0. The molecular formula is C18H18N2O2. The van der Waals surface area contributed by atoms with Crippen LogP contribution in [0.3, 0.4) is 0 Å². The highest BCUT2D eigenvalue weighted by Crippen LogP contribution is 2.19. The highest BCUT2D eigenvalue weighted by Gasteiger charge is 2.19. The van der Waals surface area contributed by atoms with Gasteiger partial charge < -0.3 is 4.74 Å². The van der Waals surface area contributed by atoms with Crippen LogP contribution in [0.2, 0.25) is 0 Å². The first-order chi connectivity index (χ1) is 10.6. The van der Waals surface area contributed by atoms with E-state index in [4.69, 9.17) is 4.74 Å². The third-order valence-electron chi connectivity index (χ3n) is 3.80. The highest BCUT2D eigenvalue weighted by molar-refractivity contribution is 5.93. The van der Waals surface area contributed by atoms with Gasteiger partial charge in [-0.25, -0.2) is 4.98 Å². The van der Waals surface area contributed by atoms with Crippen molar-refractivity contribution in [1.82, 2.24) is 9.55 Å². The molecule has 0 saturated carbocycles. The molecule has 1 unspecified atom stereocenters. The number of hydrogen-bond donors (Lipinski definition) is 0. The number of benzene rings is 2. The maximum atomic E-state index is 12.6.